The topological polar surface area (TPSA) is 78.9 Å². The van der Waals surface area contributed by atoms with Crippen molar-refractivity contribution < 1.29 is 28.6 Å². The predicted octanol–water partition coefficient (Wildman–Crippen LogP) is 19.5. The Morgan fingerprint density at radius 1 is 0.246 bits per heavy atom. The van der Waals surface area contributed by atoms with Crippen LogP contribution >= 0.6 is 0 Å². The number of unbranched alkanes of at least 4 members (excludes halogenated alkanes) is 44. The molecule has 0 aromatic carbocycles. The molecule has 65 heavy (non-hydrogen) atoms. The summed E-state index contributed by atoms with van der Waals surface area (Å²) in [5.74, 6) is -0.831. The van der Waals surface area contributed by atoms with E-state index in [0.717, 1.165) is 57.8 Å². The second-order valence-electron chi connectivity index (χ2n) is 20.3. The molecule has 0 saturated heterocycles. The van der Waals surface area contributed by atoms with Gasteiger partial charge in [0.15, 0.2) is 6.10 Å². The summed E-state index contributed by atoms with van der Waals surface area (Å²) >= 11 is 0. The number of hydrogen-bond acceptors (Lipinski definition) is 6. The number of carbonyl (C=O) groups excluding carboxylic acids is 3. The molecule has 0 rings (SSSR count). The minimum Gasteiger partial charge on any atom is -0.462 e. The molecule has 0 amide bonds. The molecule has 0 spiro atoms. The summed E-state index contributed by atoms with van der Waals surface area (Å²) in [5.41, 5.74) is 0. The Hall–Kier alpha value is -1.59. The summed E-state index contributed by atoms with van der Waals surface area (Å²) in [6, 6.07) is 0. The maximum atomic E-state index is 12.8. The normalized spacial score (nSPS) is 11.9. The van der Waals surface area contributed by atoms with Crippen molar-refractivity contribution in [3.8, 4) is 0 Å². The van der Waals surface area contributed by atoms with Gasteiger partial charge in [-0.05, 0) is 19.3 Å². The van der Waals surface area contributed by atoms with Crippen molar-refractivity contribution in [2.24, 2.45) is 0 Å². The first-order chi connectivity index (χ1) is 32.0. The third kappa shape index (κ3) is 53.2. The molecule has 386 valence electrons. The quantitative estimate of drug-likeness (QED) is 0.0344. The smallest absolute Gasteiger partial charge is 0.306 e. The second-order valence-corrected chi connectivity index (χ2v) is 20.3. The van der Waals surface area contributed by atoms with Crippen LogP contribution in [0.4, 0.5) is 0 Å². The number of ether oxygens (including phenoxy) is 3. The van der Waals surface area contributed by atoms with Gasteiger partial charge in [-0.15, -0.1) is 0 Å². The molecule has 0 bridgehead atoms. The Morgan fingerprint density at radius 3 is 0.615 bits per heavy atom. The molecule has 0 radical (unpaired) electrons. The van der Waals surface area contributed by atoms with Crippen LogP contribution in [0, 0.1) is 0 Å². The van der Waals surface area contributed by atoms with Crippen molar-refractivity contribution in [2.45, 2.75) is 348 Å². The van der Waals surface area contributed by atoms with Gasteiger partial charge in [0.2, 0.25) is 0 Å². The van der Waals surface area contributed by atoms with Gasteiger partial charge >= 0.3 is 17.9 Å². The van der Waals surface area contributed by atoms with E-state index < -0.39 is 6.10 Å². The van der Waals surface area contributed by atoms with Gasteiger partial charge in [-0.2, -0.15) is 0 Å². The van der Waals surface area contributed by atoms with Crippen LogP contribution in [0.3, 0.4) is 0 Å². The molecule has 0 aliphatic carbocycles. The molecule has 0 aliphatic rings. The summed E-state index contributed by atoms with van der Waals surface area (Å²) in [7, 11) is 0. The van der Waals surface area contributed by atoms with Crippen LogP contribution < -0.4 is 0 Å². The molecule has 6 nitrogen and oxygen atoms in total. The first-order valence-corrected chi connectivity index (χ1v) is 29.5. The van der Waals surface area contributed by atoms with E-state index >= 15 is 0 Å². The Balaban J connectivity index is 4.24. The lowest BCUT2D eigenvalue weighted by Crippen LogP contribution is -2.30. The van der Waals surface area contributed by atoms with Gasteiger partial charge < -0.3 is 14.2 Å². The van der Waals surface area contributed by atoms with Crippen LogP contribution in [0.5, 0.6) is 0 Å². The van der Waals surface area contributed by atoms with Crippen molar-refractivity contribution in [1.29, 1.82) is 0 Å². The molecule has 0 heterocycles. The average molecular weight is 920 g/mol. The minimum absolute atomic E-state index is 0.0610. The molecule has 6 heteroatoms. The van der Waals surface area contributed by atoms with E-state index in [-0.39, 0.29) is 31.1 Å². The van der Waals surface area contributed by atoms with E-state index in [1.165, 1.54) is 244 Å². The highest BCUT2D eigenvalue weighted by molar-refractivity contribution is 5.71. The maximum Gasteiger partial charge on any atom is 0.306 e. The first kappa shape index (κ1) is 63.4. The lowest BCUT2D eigenvalue weighted by Gasteiger charge is -2.18. The fourth-order valence-electron chi connectivity index (χ4n) is 9.15. The fraction of sp³-hybridized carbons (Fsp3) is 0.949. The van der Waals surface area contributed by atoms with Gasteiger partial charge in [0.05, 0.1) is 0 Å². The summed E-state index contributed by atoms with van der Waals surface area (Å²) in [5, 5.41) is 0. The SMILES string of the molecule is CCCCCCCCCCCCCCCCCCCCCC(=O)OC[C@@H](COC(=O)CCCCCCCCCCCCCCCCCC)OC(=O)CCCCCCCCCCCCCC. The molecular formula is C59H114O6. The number of rotatable bonds is 55. The maximum absolute atomic E-state index is 12.8. The van der Waals surface area contributed by atoms with Crippen molar-refractivity contribution in [3.63, 3.8) is 0 Å². The van der Waals surface area contributed by atoms with Crippen LogP contribution in [-0.4, -0.2) is 37.2 Å². The number of esters is 3. The largest absolute Gasteiger partial charge is 0.462 e. The van der Waals surface area contributed by atoms with Crippen LogP contribution in [0.25, 0.3) is 0 Å². The zero-order chi connectivity index (χ0) is 47.2. The summed E-state index contributed by atoms with van der Waals surface area (Å²) in [6.45, 7) is 6.71. The highest BCUT2D eigenvalue weighted by Gasteiger charge is 2.19. The summed E-state index contributed by atoms with van der Waals surface area (Å²) in [6.07, 6.45) is 60.9. The van der Waals surface area contributed by atoms with Crippen molar-refractivity contribution in [1.82, 2.24) is 0 Å². The number of hydrogen-bond donors (Lipinski definition) is 0. The molecule has 0 aliphatic heterocycles. The highest BCUT2D eigenvalue weighted by Crippen LogP contribution is 2.18. The Labute approximate surface area is 406 Å². The zero-order valence-electron chi connectivity index (χ0n) is 44.3. The molecule has 0 fully saturated rings. The van der Waals surface area contributed by atoms with Gasteiger partial charge in [0.25, 0.3) is 0 Å². The first-order valence-electron chi connectivity index (χ1n) is 29.5. The second kappa shape index (κ2) is 55.0. The van der Waals surface area contributed by atoms with Crippen molar-refractivity contribution in [3.05, 3.63) is 0 Å². The van der Waals surface area contributed by atoms with Crippen LogP contribution in [-0.2, 0) is 28.6 Å². The van der Waals surface area contributed by atoms with Crippen LogP contribution in [0.15, 0.2) is 0 Å². The Morgan fingerprint density at radius 2 is 0.415 bits per heavy atom. The van der Waals surface area contributed by atoms with Crippen LogP contribution in [0.1, 0.15) is 342 Å². The third-order valence-electron chi connectivity index (χ3n) is 13.6. The van der Waals surface area contributed by atoms with Gasteiger partial charge in [-0.1, -0.05) is 303 Å². The molecule has 0 unspecified atom stereocenters. The van der Waals surface area contributed by atoms with E-state index in [1.807, 2.05) is 0 Å². The van der Waals surface area contributed by atoms with E-state index in [4.69, 9.17) is 14.2 Å². The predicted molar refractivity (Wildman–Crippen MR) is 280 cm³/mol. The molecular weight excluding hydrogens is 805 g/mol. The molecule has 0 aromatic rings. The van der Waals surface area contributed by atoms with E-state index in [1.54, 1.807) is 0 Å². The molecule has 0 N–H and O–H groups in total. The number of carbonyl (C=O) groups is 3. The lowest BCUT2D eigenvalue weighted by molar-refractivity contribution is -0.167. The van der Waals surface area contributed by atoms with E-state index in [0.29, 0.717) is 19.3 Å². The lowest BCUT2D eigenvalue weighted by atomic mass is 10.0. The van der Waals surface area contributed by atoms with E-state index in [2.05, 4.69) is 20.8 Å². The highest BCUT2D eigenvalue weighted by atomic mass is 16.6. The Bertz CT molecular complexity index is 967. The van der Waals surface area contributed by atoms with Gasteiger partial charge in [0, 0.05) is 19.3 Å². The standard InChI is InChI=1S/C59H114O6/c1-4-7-10-13-16-19-22-25-27-29-30-31-33-35-38-40-43-46-49-52-58(61)64-55-56(65-59(62)53-50-47-44-41-36-24-21-18-15-12-9-6-3)54-63-57(60)51-48-45-42-39-37-34-32-28-26-23-20-17-14-11-8-5-2/h56H,4-55H2,1-3H3/t56-/m1/s1. The van der Waals surface area contributed by atoms with Gasteiger partial charge in [-0.3, -0.25) is 14.4 Å². The van der Waals surface area contributed by atoms with Crippen molar-refractivity contribution >= 4 is 17.9 Å². The van der Waals surface area contributed by atoms with E-state index in [9.17, 15) is 14.4 Å². The van der Waals surface area contributed by atoms with Crippen LogP contribution in [0.2, 0.25) is 0 Å². The molecule has 0 aromatic heterocycles. The third-order valence-corrected chi connectivity index (χ3v) is 13.6. The summed E-state index contributed by atoms with van der Waals surface area (Å²) < 4.78 is 16.9. The fourth-order valence-corrected chi connectivity index (χ4v) is 9.15. The molecule has 1 atom stereocenters. The van der Waals surface area contributed by atoms with Gasteiger partial charge in [-0.25, -0.2) is 0 Å². The summed E-state index contributed by atoms with van der Waals surface area (Å²) in [4.78, 5) is 38.1. The monoisotopic (exact) mass is 919 g/mol. The minimum atomic E-state index is -0.761. The Kier molecular flexibility index (Phi) is 53.7. The van der Waals surface area contributed by atoms with Crippen molar-refractivity contribution in [2.75, 3.05) is 13.2 Å². The van der Waals surface area contributed by atoms with Gasteiger partial charge in [0.1, 0.15) is 13.2 Å². The molecule has 0 saturated carbocycles. The average Bonchev–Trinajstić information content (AvgIpc) is 3.30. The zero-order valence-corrected chi connectivity index (χ0v) is 44.3.